The van der Waals surface area contributed by atoms with E-state index in [0.29, 0.717) is 296 Å². The summed E-state index contributed by atoms with van der Waals surface area (Å²) in [5.41, 5.74) is 59.0. The number of hydrogen-bond acceptors (Lipinski definition) is 34. The number of carbonyl (C=O) groups excluding carboxylic acids is 6. The molecule has 0 fully saturated rings. The zero-order chi connectivity index (χ0) is 94.3. The predicted octanol–water partition coefficient (Wildman–Crippen LogP) is 7.05. The van der Waals surface area contributed by atoms with Crippen LogP contribution in [0.4, 0.5) is 0 Å². The maximum Gasteiger partial charge on any atom is 0.251 e. The summed E-state index contributed by atoms with van der Waals surface area (Å²) >= 11 is 0. The van der Waals surface area contributed by atoms with Gasteiger partial charge in [0.05, 0.1) is 225 Å². The molecule has 1 rings (SSSR count). The molecule has 0 heterocycles. The highest BCUT2D eigenvalue weighted by molar-refractivity contribution is 6.05. The number of Topliss-reactive ketones (excluding diaryl/α,β-unsaturated/α-hetero) is 2. The number of azide groups is 7. The summed E-state index contributed by atoms with van der Waals surface area (Å²) in [4.78, 5) is 95.9. The lowest BCUT2D eigenvalue weighted by atomic mass is 9.99. The van der Waals surface area contributed by atoms with Crippen LogP contribution in [0, 0.1) is 0 Å². The normalized spacial score (nSPS) is 10.6. The molecular formula is C77H138N28O24. The maximum absolute atomic E-state index is 12.8. The van der Waals surface area contributed by atoms with E-state index in [0.717, 1.165) is 12.1 Å². The molecule has 0 saturated carbocycles. The van der Waals surface area contributed by atoms with Crippen molar-refractivity contribution in [1.29, 1.82) is 0 Å². The molecule has 5 N–H and O–H groups in total. The number of ether oxygens (including phenoxy) is 18. The van der Waals surface area contributed by atoms with Crippen molar-refractivity contribution in [2.75, 3.05) is 356 Å². The topological polar surface area (TPSA) is 677 Å². The van der Waals surface area contributed by atoms with Gasteiger partial charge in [-0.1, -0.05) is 49.3 Å². The summed E-state index contributed by atoms with van der Waals surface area (Å²) in [5.74, 6) is -1.31. The Morgan fingerprint density at radius 1 is 0.287 bits per heavy atom. The van der Waals surface area contributed by atoms with Gasteiger partial charge in [-0.3, -0.25) is 38.6 Å². The highest BCUT2D eigenvalue weighted by atomic mass is 16.6. The van der Waals surface area contributed by atoms with Crippen molar-refractivity contribution in [3.63, 3.8) is 0 Å². The fraction of sp³-hybridized carbons (Fsp3) is 0.818. The number of rotatable bonds is 94. The zero-order valence-electron chi connectivity index (χ0n) is 75.2. The van der Waals surface area contributed by atoms with E-state index in [2.05, 4.69) is 113 Å². The Morgan fingerprint density at radius 3 is 0.829 bits per heavy atom. The number of nitrogens with one attached hydrogen (secondary N) is 5. The molecule has 0 aliphatic carbocycles. The van der Waals surface area contributed by atoms with Gasteiger partial charge in [-0.05, 0) is 76.7 Å². The molecule has 1 aromatic carbocycles. The Bertz CT molecular complexity index is 3090. The summed E-state index contributed by atoms with van der Waals surface area (Å²) < 4.78 is 98.3. The van der Waals surface area contributed by atoms with Crippen LogP contribution in [0.5, 0.6) is 0 Å². The molecule has 129 heavy (non-hydrogen) atoms. The van der Waals surface area contributed by atoms with Gasteiger partial charge in [0, 0.05) is 220 Å². The fourth-order valence-corrected chi connectivity index (χ4v) is 9.61. The molecule has 52 nitrogen and oxygen atoms in total. The quantitative estimate of drug-likeness (QED) is 0.0143. The minimum absolute atomic E-state index is 0.112. The van der Waals surface area contributed by atoms with Gasteiger partial charge in [0.25, 0.3) is 11.8 Å². The first-order valence-electron chi connectivity index (χ1n) is 42.9. The number of amides is 4. The Balaban J connectivity index is 0. The molecule has 0 radical (unpaired) electrons. The number of benzene rings is 1. The van der Waals surface area contributed by atoms with Crippen molar-refractivity contribution < 1.29 is 114 Å². The molecule has 0 aliphatic rings. The molecular weight excluding hydrogens is 1700 g/mol. The minimum atomic E-state index is -0.463. The Hall–Kier alpha value is -9.65. The Morgan fingerprint density at radius 2 is 0.527 bits per heavy atom. The second kappa shape index (κ2) is 100. The van der Waals surface area contributed by atoms with Crippen LogP contribution in [0.1, 0.15) is 89.9 Å². The van der Waals surface area contributed by atoms with Crippen LogP contribution in [-0.2, 0) is 99.6 Å². The average molecular weight is 1840 g/mol. The van der Waals surface area contributed by atoms with Crippen LogP contribution in [-0.4, -0.2) is 401 Å². The number of nitrogens with zero attached hydrogens (tertiary/aromatic N) is 23. The van der Waals surface area contributed by atoms with Gasteiger partial charge in [-0.25, -0.2) is 0 Å². The summed E-state index contributed by atoms with van der Waals surface area (Å²) in [6, 6.07) is 4.34. The van der Waals surface area contributed by atoms with Gasteiger partial charge in [-0.15, -0.1) is 0 Å². The van der Waals surface area contributed by atoms with Crippen molar-refractivity contribution in [3.8, 4) is 0 Å². The molecule has 52 heteroatoms. The third kappa shape index (κ3) is 91.5. The first-order chi connectivity index (χ1) is 63.3. The van der Waals surface area contributed by atoms with Gasteiger partial charge >= 0.3 is 0 Å². The third-order valence-electron chi connectivity index (χ3n) is 16.1. The lowest BCUT2D eigenvalue weighted by Gasteiger charge is -2.22. The van der Waals surface area contributed by atoms with Gasteiger partial charge < -0.3 is 112 Å². The second-order valence-electron chi connectivity index (χ2n) is 26.2. The molecule has 0 spiro atoms. The first kappa shape index (κ1) is 121. The maximum atomic E-state index is 12.8. The SMILES string of the molecule is C=C(CCOCCN(CCOCCC(=O)NCCOCCN=[N+]=[N-])CCOCCC(=O)NCCOCCN=[N+]=[N-])NCCOCCN=[N+]=[N-].CC(=O)CCOCCOCCOCCN(CCOCCOCCOCCN=[N+]=[N-])CCOCCOCCOCCN=[N+]=[N-].CCCOCCCC(=O)c1cc(C(=O)NCCOCCN=[N+]=[N-])cc(C(=O)NCCOCCN=[N+]=[N-])c1. The first-order valence-corrected chi connectivity index (χ1v) is 42.9. The molecule has 4 amide bonds. The van der Waals surface area contributed by atoms with Crippen molar-refractivity contribution in [2.24, 2.45) is 35.8 Å². The van der Waals surface area contributed by atoms with E-state index in [1.165, 1.54) is 18.2 Å². The molecule has 730 valence electrons. The van der Waals surface area contributed by atoms with Crippen LogP contribution in [0.2, 0.25) is 0 Å². The summed E-state index contributed by atoms with van der Waals surface area (Å²) in [7, 11) is 0. The van der Waals surface area contributed by atoms with Crippen LogP contribution in [0.15, 0.2) is 66.3 Å². The number of carbonyl (C=O) groups is 6. The minimum Gasteiger partial charge on any atom is -0.386 e. The Kier molecular flexibility index (Phi) is 94.6. The van der Waals surface area contributed by atoms with Crippen molar-refractivity contribution in [3.05, 3.63) is 120 Å². The van der Waals surface area contributed by atoms with Crippen LogP contribution in [0.3, 0.4) is 0 Å². The fourth-order valence-electron chi connectivity index (χ4n) is 9.61. The van der Waals surface area contributed by atoms with Gasteiger partial charge in [0.15, 0.2) is 5.78 Å². The van der Waals surface area contributed by atoms with Crippen molar-refractivity contribution >= 4 is 35.2 Å². The highest BCUT2D eigenvalue weighted by Gasteiger charge is 2.18. The molecule has 1 aromatic rings. The third-order valence-corrected chi connectivity index (χ3v) is 16.1. The van der Waals surface area contributed by atoms with Gasteiger partial charge in [-0.2, -0.15) is 0 Å². The second-order valence-corrected chi connectivity index (χ2v) is 26.2. The molecule has 0 atom stereocenters. The summed E-state index contributed by atoms with van der Waals surface area (Å²) in [6.07, 6.45) is 3.13. The number of hydrogen-bond donors (Lipinski definition) is 5. The van der Waals surface area contributed by atoms with Crippen LogP contribution >= 0.6 is 0 Å². The lowest BCUT2D eigenvalue weighted by Crippen LogP contribution is -2.35. The predicted molar refractivity (Wildman–Crippen MR) is 473 cm³/mol. The molecule has 0 aliphatic heterocycles. The van der Waals surface area contributed by atoms with E-state index in [-0.39, 0.29) is 138 Å². The average Bonchev–Trinajstić information content (AvgIpc) is 0.826. The van der Waals surface area contributed by atoms with E-state index in [9.17, 15) is 28.8 Å². The van der Waals surface area contributed by atoms with E-state index < -0.39 is 11.8 Å². The van der Waals surface area contributed by atoms with E-state index in [4.69, 9.17) is 124 Å². The summed E-state index contributed by atoms with van der Waals surface area (Å²) in [6.45, 7) is 29.7. The molecule has 0 aromatic heterocycles. The largest absolute Gasteiger partial charge is 0.386 e. The van der Waals surface area contributed by atoms with Crippen LogP contribution < -0.4 is 26.6 Å². The van der Waals surface area contributed by atoms with Crippen molar-refractivity contribution in [2.45, 2.75) is 58.8 Å². The van der Waals surface area contributed by atoms with E-state index >= 15 is 0 Å². The van der Waals surface area contributed by atoms with Gasteiger partial charge in [0.1, 0.15) is 5.78 Å². The lowest BCUT2D eigenvalue weighted by molar-refractivity contribution is -0.123. The highest BCUT2D eigenvalue weighted by Crippen LogP contribution is 2.15. The Labute approximate surface area is 753 Å². The van der Waals surface area contributed by atoms with E-state index in [1.54, 1.807) is 6.92 Å². The smallest absolute Gasteiger partial charge is 0.251 e. The van der Waals surface area contributed by atoms with E-state index in [1.807, 2.05) is 6.92 Å². The van der Waals surface area contributed by atoms with Gasteiger partial charge in [0.2, 0.25) is 11.8 Å². The monoisotopic (exact) mass is 1840 g/mol. The molecule has 0 saturated heterocycles. The van der Waals surface area contributed by atoms with Crippen LogP contribution in [0.25, 0.3) is 73.1 Å². The molecule has 0 unspecified atom stereocenters. The number of ketones is 2. The summed E-state index contributed by atoms with van der Waals surface area (Å²) in [5, 5.41) is 37.6. The standard InChI is InChI=1S/C28H53N13O8.C26H51N7O10.C23H34N8O6/c1-26(32-5-17-47-20-8-35-38-29)2-14-44-23-11-41(12-24-45-15-3-27(42)33-6-18-48-21-9-36-39-30)13-25-46-16-4-28(43)34-7-19-49-22-10-37-40-31;1-26(34)2-8-35-14-20-41-23-17-38-11-5-33(6-12-39-18-24-42-21-15-36-9-3-29-31-27)7-13-40-19-25-43-22-16-37-10-4-30-32-28;1-2-9-35-10-3-4-21(32)18-15-19(22(33)26-5-11-36-13-7-28-30-24)17-20(16-18)23(34)27-6-12-37-14-8-29-31-25/h32H,1-25H2,(H,33,42)(H,34,43);2-25H2,1H3;15-17H,2-14H2,1H3,(H,26,33)(H,27,34). The van der Waals surface area contributed by atoms with Crippen molar-refractivity contribution in [1.82, 2.24) is 36.4 Å². The molecule has 0 bridgehead atoms. The zero-order valence-corrected chi connectivity index (χ0v) is 75.2.